The van der Waals surface area contributed by atoms with E-state index in [9.17, 15) is 18.8 Å². The molecule has 1 saturated heterocycles. The standard InChI is InChI=1S/C22H21ClFN5O3/c23-14-5-3-4-13(8-14)10-26-20(30)19-9-15(24)11-29(19)22(32)27-17-12-28(21(25)31)18-7-2-1-6-16(17)18/h1-8,12,15,19H,9-11H2,(H2,25,31)(H,26,30)(H,27,32)/t15-,19+/m1/s1. The summed E-state index contributed by atoms with van der Waals surface area (Å²) in [6.07, 6.45) is -0.0189. The van der Waals surface area contributed by atoms with Crippen molar-refractivity contribution in [3.05, 3.63) is 65.3 Å². The van der Waals surface area contributed by atoms with Gasteiger partial charge in [-0.3, -0.25) is 9.36 Å². The molecule has 2 heterocycles. The highest BCUT2D eigenvalue weighted by Crippen LogP contribution is 2.28. The molecule has 4 amide bonds. The van der Waals surface area contributed by atoms with Gasteiger partial charge in [0.15, 0.2) is 0 Å². The molecule has 0 bridgehead atoms. The summed E-state index contributed by atoms with van der Waals surface area (Å²) in [6.45, 7) is -0.00997. The normalized spacial score (nSPS) is 18.0. The minimum Gasteiger partial charge on any atom is -0.351 e. The Kier molecular flexibility index (Phi) is 6.00. The van der Waals surface area contributed by atoms with Crippen molar-refractivity contribution in [3.63, 3.8) is 0 Å². The fourth-order valence-electron chi connectivity index (χ4n) is 3.86. The van der Waals surface area contributed by atoms with Crippen molar-refractivity contribution in [3.8, 4) is 0 Å². The summed E-state index contributed by atoms with van der Waals surface area (Å²) >= 11 is 5.96. The average molecular weight is 458 g/mol. The van der Waals surface area contributed by atoms with Gasteiger partial charge in [0.25, 0.3) is 0 Å². The number of anilines is 1. The number of alkyl halides is 1. The predicted octanol–water partition coefficient (Wildman–Crippen LogP) is 3.48. The number of rotatable bonds is 4. The van der Waals surface area contributed by atoms with Gasteiger partial charge >= 0.3 is 12.1 Å². The molecule has 2 aromatic carbocycles. The van der Waals surface area contributed by atoms with E-state index >= 15 is 0 Å². The van der Waals surface area contributed by atoms with Crippen LogP contribution >= 0.6 is 11.6 Å². The largest absolute Gasteiger partial charge is 0.351 e. The third-order valence-electron chi connectivity index (χ3n) is 5.36. The second-order valence-corrected chi connectivity index (χ2v) is 7.98. The topological polar surface area (TPSA) is 109 Å². The first-order chi connectivity index (χ1) is 15.3. The zero-order chi connectivity index (χ0) is 22.8. The molecule has 166 valence electrons. The Morgan fingerprint density at radius 2 is 1.94 bits per heavy atom. The Balaban J connectivity index is 1.49. The van der Waals surface area contributed by atoms with Crippen molar-refractivity contribution in [1.29, 1.82) is 0 Å². The minimum atomic E-state index is -1.32. The smallest absolute Gasteiger partial charge is 0.323 e. The van der Waals surface area contributed by atoms with E-state index in [1.54, 1.807) is 48.5 Å². The van der Waals surface area contributed by atoms with Crippen molar-refractivity contribution < 1.29 is 18.8 Å². The Labute approximate surface area is 188 Å². The van der Waals surface area contributed by atoms with E-state index < -0.39 is 30.2 Å². The number of aromatic nitrogens is 1. The number of benzene rings is 2. The van der Waals surface area contributed by atoms with Crippen LogP contribution in [0.15, 0.2) is 54.7 Å². The Hall–Kier alpha value is -3.59. The van der Waals surface area contributed by atoms with Gasteiger partial charge in [0.05, 0.1) is 17.7 Å². The van der Waals surface area contributed by atoms with Gasteiger partial charge in [0.1, 0.15) is 12.2 Å². The molecule has 0 spiro atoms. The molecule has 2 atom stereocenters. The van der Waals surface area contributed by atoms with Crippen LogP contribution in [0.3, 0.4) is 0 Å². The van der Waals surface area contributed by atoms with Gasteiger partial charge in [-0.05, 0) is 23.8 Å². The monoisotopic (exact) mass is 457 g/mol. The number of primary amides is 1. The van der Waals surface area contributed by atoms with Crippen LogP contribution in [-0.4, -0.2) is 46.2 Å². The summed E-state index contributed by atoms with van der Waals surface area (Å²) in [7, 11) is 0. The third-order valence-corrected chi connectivity index (χ3v) is 5.60. The molecule has 3 aromatic rings. The van der Waals surface area contributed by atoms with Crippen LogP contribution in [0.25, 0.3) is 10.9 Å². The van der Waals surface area contributed by atoms with Gasteiger partial charge in [-0.25, -0.2) is 14.0 Å². The Morgan fingerprint density at radius 3 is 2.69 bits per heavy atom. The van der Waals surface area contributed by atoms with E-state index in [2.05, 4.69) is 10.6 Å². The molecule has 0 saturated carbocycles. The summed E-state index contributed by atoms with van der Waals surface area (Å²) in [6, 6.07) is 11.6. The molecule has 0 aliphatic carbocycles. The van der Waals surface area contributed by atoms with Crippen molar-refractivity contribution in [2.24, 2.45) is 5.73 Å². The Morgan fingerprint density at radius 1 is 1.16 bits per heavy atom. The first-order valence-corrected chi connectivity index (χ1v) is 10.3. The molecule has 32 heavy (non-hydrogen) atoms. The predicted molar refractivity (Wildman–Crippen MR) is 119 cm³/mol. The SMILES string of the molecule is NC(=O)n1cc(NC(=O)N2C[C@H](F)C[C@H]2C(=O)NCc2cccc(Cl)c2)c2ccccc21. The van der Waals surface area contributed by atoms with Crippen LogP contribution in [0, 0.1) is 0 Å². The lowest BCUT2D eigenvalue weighted by Crippen LogP contribution is -2.47. The summed E-state index contributed by atoms with van der Waals surface area (Å²) in [4.78, 5) is 38.5. The molecule has 4 rings (SSSR count). The lowest BCUT2D eigenvalue weighted by Gasteiger charge is -2.23. The quantitative estimate of drug-likeness (QED) is 0.557. The number of amides is 4. The van der Waals surface area contributed by atoms with Gasteiger partial charge in [-0.2, -0.15) is 0 Å². The lowest BCUT2D eigenvalue weighted by molar-refractivity contribution is -0.124. The third kappa shape index (κ3) is 4.38. The lowest BCUT2D eigenvalue weighted by atomic mass is 10.1. The number of nitrogens with zero attached hydrogens (tertiary/aromatic N) is 2. The first kappa shape index (κ1) is 21.6. The number of hydrogen-bond donors (Lipinski definition) is 3. The molecule has 10 heteroatoms. The maximum Gasteiger partial charge on any atom is 0.323 e. The van der Waals surface area contributed by atoms with Crippen molar-refractivity contribution in [1.82, 2.24) is 14.8 Å². The maximum absolute atomic E-state index is 14.2. The molecule has 1 fully saturated rings. The number of nitrogens with two attached hydrogens (primary N) is 1. The van der Waals surface area contributed by atoms with Crippen LogP contribution in [0.1, 0.15) is 12.0 Å². The van der Waals surface area contributed by atoms with E-state index in [4.69, 9.17) is 17.3 Å². The van der Waals surface area contributed by atoms with E-state index in [0.717, 1.165) is 10.5 Å². The summed E-state index contributed by atoms with van der Waals surface area (Å²) < 4.78 is 15.4. The highest BCUT2D eigenvalue weighted by Gasteiger charge is 2.40. The van der Waals surface area contributed by atoms with E-state index in [-0.39, 0.29) is 19.5 Å². The van der Waals surface area contributed by atoms with Gasteiger partial charge in [0.2, 0.25) is 5.91 Å². The summed E-state index contributed by atoms with van der Waals surface area (Å²) in [5.74, 6) is -0.458. The number of urea groups is 1. The second-order valence-electron chi connectivity index (χ2n) is 7.55. The number of carbonyl (C=O) groups is 3. The molecule has 8 nitrogen and oxygen atoms in total. The van der Waals surface area contributed by atoms with Gasteiger partial charge in [-0.1, -0.05) is 41.9 Å². The molecule has 0 unspecified atom stereocenters. The highest BCUT2D eigenvalue weighted by atomic mass is 35.5. The molecular weight excluding hydrogens is 437 g/mol. The Bertz CT molecular complexity index is 1200. The van der Waals surface area contributed by atoms with Gasteiger partial charge in [0, 0.05) is 29.6 Å². The molecular formula is C22H21ClFN5O3. The van der Waals surface area contributed by atoms with Crippen molar-refractivity contribution in [2.45, 2.75) is 25.2 Å². The zero-order valence-electron chi connectivity index (χ0n) is 16.9. The minimum absolute atomic E-state index is 0.0994. The molecule has 1 aliphatic rings. The van der Waals surface area contributed by atoms with Crippen LogP contribution in [-0.2, 0) is 11.3 Å². The number of fused-ring (bicyclic) bond motifs is 1. The van der Waals surface area contributed by atoms with Crippen molar-refractivity contribution >= 4 is 46.2 Å². The number of hydrogen-bond acceptors (Lipinski definition) is 3. The molecule has 1 aliphatic heterocycles. The van der Waals surface area contributed by atoms with Crippen LogP contribution in [0.2, 0.25) is 5.02 Å². The number of nitrogens with one attached hydrogen (secondary N) is 2. The van der Waals surface area contributed by atoms with Crippen molar-refractivity contribution in [2.75, 3.05) is 11.9 Å². The number of carbonyl (C=O) groups excluding carboxylic acids is 3. The molecule has 1 aromatic heterocycles. The van der Waals surface area contributed by atoms with Crippen LogP contribution < -0.4 is 16.4 Å². The summed E-state index contributed by atoms with van der Waals surface area (Å²) in [5, 5.41) is 6.55. The number of para-hydroxylation sites is 1. The first-order valence-electron chi connectivity index (χ1n) is 9.97. The summed E-state index contributed by atoms with van der Waals surface area (Å²) in [5.41, 5.74) is 7.06. The fraction of sp³-hybridized carbons (Fsp3) is 0.227. The number of halogens is 2. The van der Waals surface area contributed by atoms with Gasteiger partial charge in [-0.15, -0.1) is 0 Å². The maximum atomic E-state index is 14.2. The van der Waals surface area contributed by atoms with Gasteiger partial charge < -0.3 is 21.3 Å². The fourth-order valence-corrected chi connectivity index (χ4v) is 4.07. The van der Waals surface area contributed by atoms with Crippen LogP contribution in [0.4, 0.5) is 19.7 Å². The van der Waals surface area contributed by atoms with E-state index in [0.29, 0.717) is 21.6 Å². The van der Waals surface area contributed by atoms with Crippen LogP contribution in [0.5, 0.6) is 0 Å². The molecule has 4 N–H and O–H groups in total. The zero-order valence-corrected chi connectivity index (χ0v) is 17.7. The molecule has 0 radical (unpaired) electrons. The average Bonchev–Trinajstić information content (AvgIpc) is 3.33. The second kappa shape index (κ2) is 8.88. The van der Waals surface area contributed by atoms with E-state index in [1.165, 1.54) is 10.8 Å². The number of likely N-dealkylation sites (tertiary alicyclic amines) is 1. The highest BCUT2D eigenvalue weighted by molar-refractivity contribution is 6.30. The van der Waals surface area contributed by atoms with E-state index in [1.807, 2.05) is 0 Å².